The molecular weight excluding hydrogens is 268 g/mol. The van der Waals surface area contributed by atoms with Crippen LogP contribution in [0.3, 0.4) is 0 Å². The van der Waals surface area contributed by atoms with Crippen molar-refractivity contribution in [2.45, 2.75) is 26.8 Å². The van der Waals surface area contributed by atoms with Gasteiger partial charge in [0.25, 0.3) is 0 Å². The summed E-state index contributed by atoms with van der Waals surface area (Å²) in [5, 5.41) is 5.93. The number of carbonyl (C=O) groups excluding carboxylic acids is 2. The summed E-state index contributed by atoms with van der Waals surface area (Å²) >= 11 is 0. The van der Waals surface area contributed by atoms with Gasteiger partial charge in [0.05, 0.1) is 18.3 Å². The van der Waals surface area contributed by atoms with Crippen LogP contribution >= 0.6 is 0 Å². The maximum absolute atomic E-state index is 11.5. The van der Waals surface area contributed by atoms with Crippen LogP contribution in [0.2, 0.25) is 0 Å². The first-order valence-corrected chi connectivity index (χ1v) is 7.23. The first-order chi connectivity index (χ1) is 10.0. The van der Waals surface area contributed by atoms with Gasteiger partial charge in [-0.05, 0) is 24.5 Å². The summed E-state index contributed by atoms with van der Waals surface area (Å²) in [6, 6.07) is 3.75. The number of pyridine rings is 1. The summed E-state index contributed by atoms with van der Waals surface area (Å²) in [5.41, 5.74) is 2.16. The number of hydrogen-bond donors (Lipinski definition) is 2. The molecular formula is C15H22N4O2. The zero-order valence-corrected chi connectivity index (χ0v) is 12.7. The highest BCUT2D eigenvalue weighted by Gasteiger charge is 2.28. The number of urea groups is 1. The Labute approximate surface area is 124 Å². The fourth-order valence-corrected chi connectivity index (χ4v) is 2.49. The van der Waals surface area contributed by atoms with Crippen LogP contribution < -0.4 is 10.6 Å². The summed E-state index contributed by atoms with van der Waals surface area (Å²) < 4.78 is 0. The number of carbonyl (C=O) groups is 2. The second-order valence-electron chi connectivity index (χ2n) is 5.59. The van der Waals surface area contributed by atoms with Gasteiger partial charge in [0.15, 0.2) is 0 Å². The highest BCUT2D eigenvalue weighted by Crippen LogP contribution is 2.22. The lowest BCUT2D eigenvalue weighted by atomic mass is 9.97. The maximum Gasteiger partial charge on any atom is 0.324 e. The molecule has 0 radical (unpaired) electrons. The Bertz CT molecular complexity index is 514. The number of aryl methyl sites for hydroxylation is 1. The lowest BCUT2D eigenvalue weighted by Gasteiger charge is -2.24. The van der Waals surface area contributed by atoms with E-state index in [9.17, 15) is 9.59 Å². The van der Waals surface area contributed by atoms with E-state index in [4.69, 9.17) is 0 Å². The van der Waals surface area contributed by atoms with Crippen LogP contribution in [-0.2, 0) is 4.79 Å². The monoisotopic (exact) mass is 290 g/mol. The van der Waals surface area contributed by atoms with Crippen LogP contribution in [0.15, 0.2) is 18.3 Å². The molecule has 6 nitrogen and oxygen atoms in total. The van der Waals surface area contributed by atoms with Crippen LogP contribution in [0.5, 0.6) is 0 Å². The van der Waals surface area contributed by atoms with Crippen molar-refractivity contribution in [3.8, 4) is 0 Å². The number of aromatic nitrogens is 1. The van der Waals surface area contributed by atoms with Crippen molar-refractivity contribution in [1.82, 2.24) is 20.5 Å². The molecule has 1 aromatic heterocycles. The molecule has 0 aromatic carbocycles. The summed E-state index contributed by atoms with van der Waals surface area (Å²) in [6.07, 6.45) is 1.79. The second-order valence-corrected chi connectivity index (χ2v) is 5.59. The molecule has 2 N–H and O–H groups in total. The smallest absolute Gasteiger partial charge is 0.324 e. The van der Waals surface area contributed by atoms with Gasteiger partial charge >= 0.3 is 6.03 Å². The molecule has 0 aliphatic carbocycles. The fourth-order valence-electron chi connectivity index (χ4n) is 2.49. The lowest BCUT2D eigenvalue weighted by molar-refractivity contribution is -0.124. The minimum absolute atomic E-state index is 0.103. The van der Waals surface area contributed by atoms with Crippen molar-refractivity contribution >= 4 is 11.9 Å². The van der Waals surface area contributed by atoms with Crippen LogP contribution in [0.4, 0.5) is 4.79 Å². The zero-order chi connectivity index (χ0) is 15.4. The van der Waals surface area contributed by atoms with E-state index in [1.807, 2.05) is 19.1 Å². The Kier molecular flexibility index (Phi) is 4.90. The Morgan fingerprint density at radius 3 is 2.76 bits per heavy atom. The Morgan fingerprint density at radius 1 is 1.43 bits per heavy atom. The van der Waals surface area contributed by atoms with Gasteiger partial charge in [-0.25, -0.2) is 4.79 Å². The second kappa shape index (κ2) is 6.67. The standard InChI is InChI=1S/C15H22N4O2/c1-10(2)13(14-11(3)5-4-6-16-14)17-7-8-19-12(20)9-18-15(19)21/h4-6,10,13,17H,7-9H2,1-3H3,(H,18,21)/t13-/m0/s1. The summed E-state index contributed by atoms with van der Waals surface area (Å²) in [7, 11) is 0. The van der Waals surface area contributed by atoms with Gasteiger partial charge in [0.1, 0.15) is 0 Å². The Balaban J connectivity index is 1.97. The average Bonchev–Trinajstić information content (AvgIpc) is 2.76. The summed E-state index contributed by atoms with van der Waals surface area (Å²) in [4.78, 5) is 28.7. The molecule has 6 heteroatoms. The van der Waals surface area contributed by atoms with Gasteiger partial charge in [-0.2, -0.15) is 0 Å². The molecule has 0 spiro atoms. The largest absolute Gasteiger partial charge is 0.329 e. The van der Waals surface area contributed by atoms with Crippen molar-refractivity contribution in [3.05, 3.63) is 29.6 Å². The number of nitrogens with zero attached hydrogens (tertiary/aromatic N) is 2. The Morgan fingerprint density at radius 2 is 2.19 bits per heavy atom. The SMILES string of the molecule is Cc1cccnc1[C@@H](NCCN1C(=O)CNC1=O)C(C)C. The minimum Gasteiger partial charge on any atom is -0.329 e. The predicted octanol–water partition coefficient (Wildman–Crippen LogP) is 1.23. The van der Waals surface area contributed by atoms with Gasteiger partial charge in [-0.3, -0.25) is 14.7 Å². The predicted molar refractivity (Wildman–Crippen MR) is 79.7 cm³/mol. The van der Waals surface area contributed by atoms with Crippen LogP contribution in [-0.4, -0.2) is 41.5 Å². The van der Waals surface area contributed by atoms with Gasteiger partial charge in [-0.15, -0.1) is 0 Å². The molecule has 21 heavy (non-hydrogen) atoms. The van der Waals surface area contributed by atoms with Gasteiger partial charge in [-0.1, -0.05) is 19.9 Å². The molecule has 1 fully saturated rings. The zero-order valence-electron chi connectivity index (χ0n) is 12.7. The first kappa shape index (κ1) is 15.4. The quantitative estimate of drug-likeness (QED) is 0.773. The Hall–Kier alpha value is -1.95. The van der Waals surface area contributed by atoms with E-state index in [0.29, 0.717) is 19.0 Å². The minimum atomic E-state index is -0.308. The van der Waals surface area contributed by atoms with E-state index in [0.717, 1.165) is 11.3 Å². The van der Waals surface area contributed by atoms with Crippen LogP contribution in [0.1, 0.15) is 31.1 Å². The van der Waals surface area contributed by atoms with E-state index in [-0.39, 0.29) is 24.5 Å². The molecule has 0 bridgehead atoms. The van der Waals surface area contributed by atoms with Gasteiger partial charge < -0.3 is 10.6 Å². The van der Waals surface area contributed by atoms with E-state index < -0.39 is 0 Å². The fraction of sp³-hybridized carbons (Fsp3) is 0.533. The molecule has 2 rings (SSSR count). The molecule has 1 saturated heterocycles. The lowest BCUT2D eigenvalue weighted by Crippen LogP contribution is -2.39. The topological polar surface area (TPSA) is 74.3 Å². The first-order valence-electron chi connectivity index (χ1n) is 7.23. The molecule has 114 valence electrons. The summed E-state index contributed by atoms with van der Waals surface area (Å²) in [6.45, 7) is 7.32. The number of rotatable bonds is 6. The molecule has 0 unspecified atom stereocenters. The molecule has 3 amide bonds. The average molecular weight is 290 g/mol. The number of amides is 3. The van der Waals surface area contributed by atoms with Crippen molar-refractivity contribution in [3.63, 3.8) is 0 Å². The third-order valence-electron chi connectivity index (χ3n) is 3.65. The number of hydrogen-bond acceptors (Lipinski definition) is 4. The third kappa shape index (κ3) is 3.58. The van der Waals surface area contributed by atoms with Crippen LogP contribution in [0, 0.1) is 12.8 Å². The normalized spacial score (nSPS) is 16.5. The van der Waals surface area contributed by atoms with Crippen LogP contribution in [0.25, 0.3) is 0 Å². The highest BCUT2D eigenvalue weighted by molar-refractivity contribution is 6.01. The van der Waals surface area contributed by atoms with E-state index in [1.54, 1.807) is 6.20 Å². The molecule has 1 atom stereocenters. The van der Waals surface area contributed by atoms with E-state index >= 15 is 0 Å². The molecule has 0 saturated carbocycles. The number of nitrogens with one attached hydrogen (secondary N) is 2. The summed E-state index contributed by atoms with van der Waals surface area (Å²) in [5.74, 6) is 0.193. The van der Waals surface area contributed by atoms with Crippen molar-refractivity contribution in [1.29, 1.82) is 0 Å². The van der Waals surface area contributed by atoms with Gasteiger partial charge in [0, 0.05) is 19.3 Å². The van der Waals surface area contributed by atoms with Gasteiger partial charge in [0.2, 0.25) is 5.91 Å². The van der Waals surface area contributed by atoms with Crippen molar-refractivity contribution in [2.24, 2.45) is 5.92 Å². The van der Waals surface area contributed by atoms with Crippen molar-refractivity contribution in [2.75, 3.05) is 19.6 Å². The molecule has 1 aliphatic heterocycles. The molecule has 1 aromatic rings. The molecule has 1 aliphatic rings. The molecule has 2 heterocycles. The number of imide groups is 1. The third-order valence-corrected chi connectivity index (χ3v) is 3.65. The van der Waals surface area contributed by atoms with E-state index in [2.05, 4.69) is 29.5 Å². The van der Waals surface area contributed by atoms with Crippen molar-refractivity contribution < 1.29 is 9.59 Å². The maximum atomic E-state index is 11.5. The highest BCUT2D eigenvalue weighted by atomic mass is 16.2. The van der Waals surface area contributed by atoms with E-state index in [1.165, 1.54) is 4.90 Å².